The average molecular weight is 180 g/mol. The molecule has 0 fully saturated rings. The monoisotopic (exact) mass is 180 g/mol. The van der Waals surface area contributed by atoms with Crippen molar-refractivity contribution in [3.05, 3.63) is 35.1 Å². The van der Waals surface area contributed by atoms with Crippen LogP contribution >= 0.6 is 0 Å². The number of benzene rings is 1. The molecule has 1 nitrogen and oxygen atoms in total. The molecular formula is C11H13FO. The Hall–Kier alpha value is -1.18. The summed E-state index contributed by atoms with van der Waals surface area (Å²) in [7, 11) is 0. The van der Waals surface area contributed by atoms with E-state index in [1.54, 1.807) is 6.07 Å². The van der Waals surface area contributed by atoms with E-state index in [9.17, 15) is 9.18 Å². The van der Waals surface area contributed by atoms with Gasteiger partial charge < -0.3 is 0 Å². The molecule has 0 heterocycles. The molecule has 0 aliphatic carbocycles. The van der Waals surface area contributed by atoms with E-state index in [2.05, 4.69) is 0 Å². The number of hydrogen-bond acceptors (Lipinski definition) is 1. The third-order valence-electron chi connectivity index (χ3n) is 2.02. The summed E-state index contributed by atoms with van der Waals surface area (Å²) in [6, 6.07) is 4.37. The zero-order valence-corrected chi connectivity index (χ0v) is 8.10. The standard InChI is InChI=1S/C11H13FO/c1-7(2)10-5-4-9(12)6-11(10)8(3)13/h4-7H,1-3H3. The van der Waals surface area contributed by atoms with Crippen LogP contribution in [0.3, 0.4) is 0 Å². The summed E-state index contributed by atoms with van der Waals surface area (Å²) in [6.07, 6.45) is 0. The number of carbonyl (C=O) groups excluding carboxylic acids is 1. The van der Waals surface area contributed by atoms with Crippen LogP contribution in [0, 0.1) is 5.82 Å². The Labute approximate surface area is 77.6 Å². The van der Waals surface area contributed by atoms with Gasteiger partial charge in [-0.05, 0) is 30.5 Å². The topological polar surface area (TPSA) is 17.1 Å². The van der Waals surface area contributed by atoms with Crippen molar-refractivity contribution in [2.24, 2.45) is 0 Å². The largest absolute Gasteiger partial charge is 0.294 e. The van der Waals surface area contributed by atoms with Crippen molar-refractivity contribution in [1.82, 2.24) is 0 Å². The predicted octanol–water partition coefficient (Wildman–Crippen LogP) is 3.15. The first-order chi connectivity index (χ1) is 6.02. The first-order valence-electron chi connectivity index (χ1n) is 4.32. The van der Waals surface area contributed by atoms with Crippen LogP contribution in [-0.2, 0) is 0 Å². The number of rotatable bonds is 2. The van der Waals surface area contributed by atoms with E-state index in [4.69, 9.17) is 0 Å². The van der Waals surface area contributed by atoms with Crippen molar-refractivity contribution in [3.8, 4) is 0 Å². The van der Waals surface area contributed by atoms with Gasteiger partial charge in [0.1, 0.15) is 5.82 Å². The summed E-state index contributed by atoms with van der Waals surface area (Å²) in [5.41, 5.74) is 1.41. The molecule has 0 atom stereocenters. The quantitative estimate of drug-likeness (QED) is 0.639. The van der Waals surface area contributed by atoms with Crippen LogP contribution in [0.5, 0.6) is 0 Å². The lowest BCUT2D eigenvalue weighted by atomic mass is 9.95. The molecule has 0 bridgehead atoms. The van der Waals surface area contributed by atoms with E-state index in [0.717, 1.165) is 5.56 Å². The molecule has 0 aliphatic heterocycles. The van der Waals surface area contributed by atoms with Crippen LogP contribution in [-0.4, -0.2) is 5.78 Å². The molecule has 0 saturated carbocycles. The lowest BCUT2D eigenvalue weighted by Gasteiger charge is -2.09. The molecule has 1 aromatic rings. The minimum atomic E-state index is -0.352. The fourth-order valence-corrected chi connectivity index (χ4v) is 1.34. The maximum absolute atomic E-state index is 12.8. The second kappa shape index (κ2) is 3.69. The number of halogens is 1. The van der Waals surface area contributed by atoms with Gasteiger partial charge >= 0.3 is 0 Å². The van der Waals surface area contributed by atoms with Crippen molar-refractivity contribution >= 4 is 5.78 Å². The maximum Gasteiger partial charge on any atom is 0.160 e. The van der Waals surface area contributed by atoms with Gasteiger partial charge in [-0.1, -0.05) is 19.9 Å². The van der Waals surface area contributed by atoms with E-state index < -0.39 is 0 Å². The van der Waals surface area contributed by atoms with Crippen LogP contribution in [0.25, 0.3) is 0 Å². The smallest absolute Gasteiger partial charge is 0.160 e. The second-order valence-electron chi connectivity index (χ2n) is 3.44. The summed E-state index contributed by atoms with van der Waals surface area (Å²) in [4.78, 5) is 11.2. The fraction of sp³-hybridized carbons (Fsp3) is 0.364. The van der Waals surface area contributed by atoms with Crippen molar-refractivity contribution in [2.75, 3.05) is 0 Å². The molecule has 0 saturated heterocycles. The molecular weight excluding hydrogens is 167 g/mol. The third-order valence-corrected chi connectivity index (χ3v) is 2.02. The minimum absolute atomic E-state index is 0.0804. The van der Waals surface area contributed by atoms with Gasteiger partial charge in [0.15, 0.2) is 5.78 Å². The predicted molar refractivity (Wildman–Crippen MR) is 50.5 cm³/mol. The molecule has 1 rings (SSSR count). The molecule has 0 aromatic heterocycles. The number of carbonyl (C=O) groups is 1. The number of Topliss-reactive ketones (excluding diaryl/α,β-unsaturated/α-hetero) is 1. The molecule has 1 aromatic carbocycles. The molecule has 2 heteroatoms. The Morgan fingerprint density at radius 1 is 1.38 bits per heavy atom. The first kappa shape index (κ1) is 9.90. The highest BCUT2D eigenvalue weighted by Gasteiger charge is 2.10. The fourth-order valence-electron chi connectivity index (χ4n) is 1.34. The summed E-state index contributed by atoms with van der Waals surface area (Å²) in [5.74, 6) is -0.183. The van der Waals surface area contributed by atoms with E-state index in [0.29, 0.717) is 5.56 Å². The lowest BCUT2D eigenvalue weighted by Crippen LogP contribution is -2.01. The van der Waals surface area contributed by atoms with Gasteiger partial charge in [0.05, 0.1) is 0 Å². The molecule has 0 unspecified atom stereocenters. The Balaban J connectivity index is 3.27. The van der Waals surface area contributed by atoms with Gasteiger partial charge in [-0.15, -0.1) is 0 Å². The van der Waals surface area contributed by atoms with Crippen molar-refractivity contribution < 1.29 is 9.18 Å². The van der Waals surface area contributed by atoms with Gasteiger partial charge in [0.25, 0.3) is 0 Å². The van der Waals surface area contributed by atoms with Crippen LogP contribution in [0.4, 0.5) is 4.39 Å². The van der Waals surface area contributed by atoms with E-state index >= 15 is 0 Å². The van der Waals surface area contributed by atoms with Crippen molar-refractivity contribution in [1.29, 1.82) is 0 Å². The van der Waals surface area contributed by atoms with Crippen molar-refractivity contribution in [2.45, 2.75) is 26.7 Å². The Bertz CT molecular complexity index is 329. The SMILES string of the molecule is CC(=O)c1cc(F)ccc1C(C)C. The van der Waals surface area contributed by atoms with Crippen LogP contribution in [0.2, 0.25) is 0 Å². The molecule has 0 radical (unpaired) electrons. The highest BCUT2D eigenvalue weighted by molar-refractivity contribution is 5.95. The zero-order chi connectivity index (χ0) is 10.0. The lowest BCUT2D eigenvalue weighted by molar-refractivity contribution is 0.101. The van der Waals surface area contributed by atoms with Crippen LogP contribution < -0.4 is 0 Å². The highest BCUT2D eigenvalue weighted by Crippen LogP contribution is 2.20. The van der Waals surface area contributed by atoms with Crippen LogP contribution in [0.15, 0.2) is 18.2 Å². The summed E-state index contributed by atoms with van der Waals surface area (Å²) in [6.45, 7) is 5.43. The van der Waals surface area contributed by atoms with E-state index in [-0.39, 0.29) is 17.5 Å². The van der Waals surface area contributed by atoms with Gasteiger partial charge in [0, 0.05) is 5.56 Å². The third kappa shape index (κ3) is 2.14. The van der Waals surface area contributed by atoms with Gasteiger partial charge in [-0.3, -0.25) is 4.79 Å². The van der Waals surface area contributed by atoms with Gasteiger partial charge in [0.2, 0.25) is 0 Å². The number of hydrogen-bond donors (Lipinski definition) is 0. The Kier molecular flexibility index (Phi) is 2.81. The summed E-state index contributed by atoms with van der Waals surface area (Å²) < 4.78 is 12.8. The Morgan fingerprint density at radius 2 is 2.00 bits per heavy atom. The van der Waals surface area contributed by atoms with Crippen molar-refractivity contribution in [3.63, 3.8) is 0 Å². The first-order valence-corrected chi connectivity index (χ1v) is 4.32. The molecule has 13 heavy (non-hydrogen) atoms. The molecule has 0 aliphatic rings. The normalized spacial score (nSPS) is 10.5. The number of ketones is 1. The van der Waals surface area contributed by atoms with E-state index in [1.165, 1.54) is 19.1 Å². The zero-order valence-electron chi connectivity index (χ0n) is 8.10. The van der Waals surface area contributed by atoms with Gasteiger partial charge in [-0.2, -0.15) is 0 Å². The molecule has 0 spiro atoms. The van der Waals surface area contributed by atoms with E-state index in [1.807, 2.05) is 13.8 Å². The average Bonchev–Trinajstić information content (AvgIpc) is 2.03. The van der Waals surface area contributed by atoms with Crippen LogP contribution in [0.1, 0.15) is 42.6 Å². The summed E-state index contributed by atoms with van der Waals surface area (Å²) in [5, 5.41) is 0. The molecule has 0 amide bonds. The second-order valence-corrected chi connectivity index (χ2v) is 3.44. The molecule has 70 valence electrons. The Morgan fingerprint density at radius 3 is 2.46 bits per heavy atom. The highest BCUT2D eigenvalue weighted by atomic mass is 19.1. The maximum atomic E-state index is 12.8. The summed E-state index contributed by atoms with van der Waals surface area (Å²) >= 11 is 0. The van der Waals surface area contributed by atoms with Gasteiger partial charge in [-0.25, -0.2) is 4.39 Å². The molecule has 0 N–H and O–H groups in total. The minimum Gasteiger partial charge on any atom is -0.294 e.